The molecule has 0 aliphatic carbocycles. The molecule has 0 aliphatic heterocycles. The van der Waals surface area contributed by atoms with Gasteiger partial charge in [-0.3, -0.25) is 0 Å². The van der Waals surface area contributed by atoms with Crippen molar-refractivity contribution in [2.75, 3.05) is 11.9 Å². The first-order valence-corrected chi connectivity index (χ1v) is 11.6. The van der Waals surface area contributed by atoms with Crippen molar-refractivity contribution in [1.29, 1.82) is 0 Å². The maximum absolute atomic E-state index is 12.0. The predicted octanol–water partition coefficient (Wildman–Crippen LogP) is 8.02. The van der Waals surface area contributed by atoms with Crippen LogP contribution in [0, 0.1) is 0 Å². The van der Waals surface area contributed by atoms with Crippen LogP contribution >= 0.6 is 34.8 Å². The van der Waals surface area contributed by atoms with Gasteiger partial charge in [0.2, 0.25) is 0 Å². The van der Waals surface area contributed by atoms with Gasteiger partial charge >= 0.3 is 6.09 Å². The third-order valence-electron chi connectivity index (χ3n) is 5.04. The number of carbonyl (C=O) groups excluding carboxylic acids is 1. The van der Waals surface area contributed by atoms with Crippen molar-refractivity contribution in [2.45, 2.75) is 32.9 Å². The van der Waals surface area contributed by atoms with Gasteiger partial charge in [0, 0.05) is 51.3 Å². The minimum atomic E-state index is -0.536. The molecule has 0 bridgehead atoms. The van der Waals surface area contributed by atoms with E-state index in [0.717, 1.165) is 33.2 Å². The number of nitrogens with one attached hydrogen (secondary N) is 2. The monoisotopic (exact) mass is 503 g/mol. The Bertz CT molecular complexity index is 1340. The van der Waals surface area contributed by atoms with E-state index in [1.807, 2.05) is 51.1 Å². The molecule has 5 nitrogen and oxygen atoms in total. The molecule has 1 heterocycles. The molecular formula is C25H24Cl3N3O2. The smallest absolute Gasteiger partial charge is 0.407 e. The number of amides is 1. The van der Waals surface area contributed by atoms with E-state index in [2.05, 4.69) is 27.3 Å². The summed E-state index contributed by atoms with van der Waals surface area (Å²) in [7, 11) is 0. The Balaban J connectivity index is 1.64. The molecule has 0 unspecified atom stereocenters. The Morgan fingerprint density at radius 3 is 2.21 bits per heavy atom. The fourth-order valence-corrected chi connectivity index (χ4v) is 4.19. The van der Waals surface area contributed by atoms with Crippen LogP contribution in [0.1, 0.15) is 20.8 Å². The summed E-state index contributed by atoms with van der Waals surface area (Å²) in [4.78, 5) is 12.0. The molecule has 1 aromatic heterocycles. The van der Waals surface area contributed by atoms with Crippen molar-refractivity contribution in [1.82, 2.24) is 9.88 Å². The minimum absolute atomic E-state index is 0.430. The average molecular weight is 505 g/mol. The Hall–Kier alpha value is -2.60. The van der Waals surface area contributed by atoms with Crippen molar-refractivity contribution < 1.29 is 9.53 Å². The van der Waals surface area contributed by atoms with Gasteiger partial charge in [-0.05, 0) is 75.4 Å². The van der Waals surface area contributed by atoms with Gasteiger partial charge in [-0.2, -0.15) is 0 Å². The lowest BCUT2D eigenvalue weighted by Gasteiger charge is -2.19. The predicted molar refractivity (Wildman–Crippen MR) is 138 cm³/mol. The van der Waals surface area contributed by atoms with E-state index in [0.29, 0.717) is 28.2 Å². The molecule has 0 atom stereocenters. The number of ether oxygens (including phenoxy) is 1. The number of alkyl carbamates (subject to hydrolysis) is 1. The fourth-order valence-electron chi connectivity index (χ4n) is 3.72. The second-order valence-electron chi connectivity index (χ2n) is 8.73. The van der Waals surface area contributed by atoms with Crippen LogP contribution in [0.25, 0.3) is 21.8 Å². The lowest BCUT2D eigenvalue weighted by molar-refractivity contribution is 0.0526. The summed E-state index contributed by atoms with van der Waals surface area (Å²) in [6, 6.07) is 17.4. The number of hydrogen-bond donors (Lipinski definition) is 2. The van der Waals surface area contributed by atoms with E-state index >= 15 is 0 Å². The van der Waals surface area contributed by atoms with Crippen LogP contribution in [-0.2, 0) is 11.3 Å². The standard InChI is InChI=1S/C25H24Cl3N3O2/c1-25(2,3)33-24(32)29-10-11-31-22-8-4-15(26)12-18(22)19-13-16(6-9-23(19)31)30-17-5-7-20(27)21(28)14-17/h4-9,12-14,30H,10-11H2,1-3H3,(H,29,32). The third kappa shape index (κ3) is 5.49. The highest BCUT2D eigenvalue weighted by molar-refractivity contribution is 6.42. The lowest BCUT2D eigenvalue weighted by Crippen LogP contribution is -2.34. The molecule has 4 aromatic rings. The second-order valence-corrected chi connectivity index (χ2v) is 9.98. The number of fused-ring (bicyclic) bond motifs is 3. The van der Waals surface area contributed by atoms with Crippen molar-refractivity contribution in [3.05, 3.63) is 69.7 Å². The van der Waals surface area contributed by atoms with Crippen LogP contribution in [0.3, 0.4) is 0 Å². The van der Waals surface area contributed by atoms with Crippen LogP contribution < -0.4 is 10.6 Å². The van der Waals surface area contributed by atoms with Gasteiger partial charge in [0.25, 0.3) is 0 Å². The van der Waals surface area contributed by atoms with Crippen molar-refractivity contribution in [3.63, 3.8) is 0 Å². The first-order valence-electron chi connectivity index (χ1n) is 10.5. The minimum Gasteiger partial charge on any atom is -0.444 e. The molecule has 33 heavy (non-hydrogen) atoms. The Labute approximate surface area is 207 Å². The third-order valence-corrected chi connectivity index (χ3v) is 6.01. The molecular weight excluding hydrogens is 481 g/mol. The Morgan fingerprint density at radius 2 is 1.52 bits per heavy atom. The molecule has 1 amide bonds. The zero-order valence-corrected chi connectivity index (χ0v) is 20.8. The van der Waals surface area contributed by atoms with Crippen LogP contribution in [0.4, 0.5) is 16.2 Å². The number of rotatable bonds is 5. The van der Waals surface area contributed by atoms with E-state index in [1.54, 1.807) is 12.1 Å². The van der Waals surface area contributed by atoms with E-state index in [1.165, 1.54) is 0 Å². The zero-order chi connectivity index (χ0) is 23.8. The molecule has 0 saturated heterocycles. The molecule has 0 fully saturated rings. The van der Waals surface area contributed by atoms with Crippen LogP contribution in [0.5, 0.6) is 0 Å². The van der Waals surface area contributed by atoms with Crippen molar-refractivity contribution >= 4 is 74.1 Å². The number of hydrogen-bond acceptors (Lipinski definition) is 3. The zero-order valence-electron chi connectivity index (χ0n) is 18.5. The molecule has 0 radical (unpaired) electrons. The largest absolute Gasteiger partial charge is 0.444 e. The molecule has 8 heteroatoms. The number of halogens is 3. The van der Waals surface area contributed by atoms with Gasteiger partial charge in [-0.25, -0.2) is 4.79 Å². The maximum Gasteiger partial charge on any atom is 0.407 e. The summed E-state index contributed by atoms with van der Waals surface area (Å²) < 4.78 is 7.50. The van der Waals surface area contributed by atoms with Crippen LogP contribution in [-0.4, -0.2) is 22.8 Å². The number of aromatic nitrogens is 1. The van der Waals surface area contributed by atoms with Gasteiger partial charge in [0.05, 0.1) is 10.0 Å². The van der Waals surface area contributed by atoms with Crippen LogP contribution in [0.2, 0.25) is 15.1 Å². The Kier molecular flexibility index (Phi) is 6.66. The molecule has 0 aliphatic rings. The quantitative estimate of drug-likeness (QED) is 0.289. The highest BCUT2D eigenvalue weighted by atomic mass is 35.5. The van der Waals surface area contributed by atoms with E-state index in [-0.39, 0.29) is 0 Å². The summed E-state index contributed by atoms with van der Waals surface area (Å²) in [5.41, 5.74) is 3.29. The van der Waals surface area contributed by atoms with E-state index in [4.69, 9.17) is 39.5 Å². The first kappa shape index (κ1) is 23.6. The number of anilines is 2. The van der Waals surface area contributed by atoms with Crippen LogP contribution in [0.15, 0.2) is 54.6 Å². The highest BCUT2D eigenvalue weighted by Crippen LogP contribution is 2.34. The summed E-state index contributed by atoms with van der Waals surface area (Å²) in [5, 5.41) is 9.95. The van der Waals surface area contributed by atoms with Gasteiger partial charge < -0.3 is 19.9 Å². The highest BCUT2D eigenvalue weighted by Gasteiger charge is 2.16. The SMILES string of the molecule is CC(C)(C)OC(=O)NCCn1c2ccc(Cl)cc2c2cc(Nc3ccc(Cl)c(Cl)c3)ccc21. The molecule has 2 N–H and O–H groups in total. The second kappa shape index (κ2) is 9.34. The molecule has 172 valence electrons. The first-order chi connectivity index (χ1) is 15.6. The fraction of sp³-hybridized carbons (Fsp3) is 0.240. The summed E-state index contributed by atoms with van der Waals surface area (Å²) in [6.07, 6.45) is -0.431. The molecule has 4 rings (SSSR count). The molecule has 0 saturated carbocycles. The number of nitrogens with zero attached hydrogens (tertiary/aromatic N) is 1. The Morgan fingerprint density at radius 1 is 0.879 bits per heavy atom. The van der Waals surface area contributed by atoms with Crippen molar-refractivity contribution in [2.24, 2.45) is 0 Å². The van der Waals surface area contributed by atoms with Gasteiger partial charge in [0.1, 0.15) is 5.60 Å². The summed E-state index contributed by atoms with van der Waals surface area (Å²) in [6.45, 7) is 6.53. The maximum atomic E-state index is 12.0. The normalized spacial score (nSPS) is 11.7. The molecule has 0 spiro atoms. The summed E-state index contributed by atoms with van der Waals surface area (Å²) in [5.74, 6) is 0. The topological polar surface area (TPSA) is 55.3 Å². The average Bonchev–Trinajstić information content (AvgIpc) is 3.02. The van der Waals surface area contributed by atoms with Gasteiger partial charge in [-0.1, -0.05) is 34.8 Å². The number of benzene rings is 3. The van der Waals surface area contributed by atoms with E-state index in [9.17, 15) is 4.79 Å². The van der Waals surface area contributed by atoms with Gasteiger partial charge in [-0.15, -0.1) is 0 Å². The lowest BCUT2D eigenvalue weighted by atomic mass is 10.1. The summed E-state index contributed by atoms with van der Waals surface area (Å²) >= 11 is 18.5. The van der Waals surface area contributed by atoms with Gasteiger partial charge in [0.15, 0.2) is 0 Å². The number of carbonyl (C=O) groups is 1. The van der Waals surface area contributed by atoms with E-state index < -0.39 is 11.7 Å². The molecule has 3 aromatic carbocycles. The van der Waals surface area contributed by atoms with Crippen molar-refractivity contribution in [3.8, 4) is 0 Å².